The summed E-state index contributed by atoms with van der Waals surface area (Å²) in [5.41, 5.74) is 1.10. The van der Waals surface area contributed by atoms with Crippen LogP contribution < -0.4 is 5.32 Å². The molecule has 4 heteroatoms. The zero-order valence-corrected chi connectivity index (χ0v) is 8.90. The van der Waals surface area contributed by atoms with Gasteiger partial charge in [0, 0.05) is 18.0 Å². The second kappa shape index (κ2) is 5.32. The van der Waals surface area contributed by atoms with Gasteiger partial charge in [-0.25, -0.2) is 4.98 Å². The summed E-state index contributed by atoms with van der Waals surface area (Å²) in [5.74, 6) is 0. The van der Waals surface area contributed by atoms with Gasteiger partial charge in [0.05, 0.1) is 10.7 Å². The second-order valence-corrected chi connectivity index (χ2v) is 4.11. The van der Waals surface area contributed by atoms with E-state index in [4.69, 9.17) is 5.11 Å². The molecule has 0 spiro atoms. The first-order chi connectivity index (χ1) is 6.24. The quantitative estimate of drug-likeness (QED) is 0.708. The zero-order chi connectivity index (χ0) is 9.68. The lowest BCUT2D eigenvalue weighted by Gasteiger charge is -2.09. The molecule has 1 unspecified atom stereocenters. The number of aromatic nitrogens is 1. The third-order valence-corrected chi connectivity index (χ3v) is 2.66. The lowest BCUT2D eigenvalue weighted by molar-refractivity contribution is 0.284. The topological polar surface area (TPSA) is 45.2 Å². The largest absolute Gasteiger partial charge is 0.396 e. The monoisotopic (exact) mass is 200 g/mol. The number of hydrogen-bond acceptors (Lipinski definition) is 4. The molecule has 0 amide bonds. The molecule has 0 aromatic carbocycles. The highest BCUT2D eigenvalue weighted by Gasteiger charge is 2.06. The van der Waals surface area contributed by atoms with Crippen molar-refractivity contribution < 1.29 is 5.11 Å². The van der Waals surface area contributed by atoms with Crippen molar-refractivity contribution in [1.82, 2.24) is 10.3 Å². The molecule has 74 valence electrons. The molecular formula is C9H16N2OS. The van der Waals surface area contributed by atoms with Gasteiger partial charge in [0.2, 0.25) is 0 Å². The fraction of sp³-hybridized carbons (Fsp3) is 0.667. The van der Waals surface area contributed by atoms with E-state index in [1.807, 2.05) is 6.92 Å². The molecule has 0 aliphatic heterocycles. The molecule has 3 nitrogen and oxygen atoms in total. The number of aliphatic hydroxyl groups excluding tert-OH is 1. The Balaban J connectivity index is 2.35. The predicted octanol–water partition coefficient (Wildman–Crippen LogP) is 1.48. The van der Waals surface area contributed by atoms with Crippen molar-refractivity contribution in [1.29, 1.82) is 0 Å². The first-order valence-corrected chi connectivity index (χ1v) is 5.38. The van der Waals surface area contributed by atoms with E-state index in [-0.39, 0.29) is 12.6 Å². The Morgan fingerprint density at radius 1 is 1.69 bits per heavy atom. The molecule has 0 aliphatic carbocycles. The van der Waals surface area contributed by atoms with Crippen LogP contribution in [-0.4, -0.2) is 23.2 Å². The van der Waals surface area contributed by atoms with Gasteiger partial charge in [-0.3, -0.25) is 0 Å². The van der Waals surface area contributed by atoms with Crippen LogP contribution in [-0.2, 0) is 0 Å². The van der Waals surface area contributed by atoms with Crippen molar-refractivity contribution in [3.63, 3.8) is 0 Å². The minimum absolute atomic E-state index is 0.246. The summed E-state index contributed by atoms with van der Waals surface area (Å²) in [5, 5.41) is 15.1. The summed E-state index contributed by atoms with van der Waals surface area (Å²) in [6.07, 6.45) is 0.799. The minimum Gasteiger partial charge on any atom is -0.396 e. The van der Waals surface area contributed by atoms with E-state index in [9.17, 15) is 0 Å². The number of thiazole rings is 1. The number of aliphatic hydroxyl groups is 1. The molecule has 1 rings (SSSR count). The van der Waals surface area contributed by atoms with Gasteiger partial charge in [-0.2, -0.15) is 0 Å². The Morgan fingerprint density at radius 3 is 3.00 bits per heavy atom. The van der Waals surface area contributed by atoms with E-state index in [0.29, 0.717) is 0 Å². The molecule has 0 bridgehead atoms. The van der Waals surface area contributed by atoms with Crippen LogP contribution in [0.4, 0.5) is 0 Å². The van der Waals surface area contributed by atoms with Crippen LogP contribution in [0.25, 0.3) is 0 Å². The standard InChI is InChI=1S/C9H16N2OS/c1-7(10-4-3-5-12)9-6-13-8(2)11-9/h6-7,10,12H,3-5H2,1-2H3. The van der Waals surface area contributed by atoms with Gasteiger partial charge >= 0.3 is 0 Å². The molecule has 1 aromatic rings. The summed E-state index contributed by atoms with van der Waals surface area (Å²) in [4.78, 5) is 4.38. The van der Waals surface area contributed by atoms with Crippen molar-refractivity contribution in [3.05, 3.63) is 16.1 Å². The summed E-state index contributed by atoms with van der Waals surface area (Å²) in [6, 6.07) is 0.288. The third kappa shape index (κ3) is 3.42. The Kier molecular flexibility index (Phi) is 4.35. The van der Waals surface area contributed by atoms with Gasteiger partial charge in [0.15, 0.2) is 0 Å². The zero-order valence-electron chi connectivity index (χ0n) is 8.08. The summed E-state index contributed by atoms with van der Waals surface area (Å²) in [7, 11) is 0. The van der Waals surface area contributed by atoms with E-state index < -0.39 is 0 Å². The number of hydrogen-bond donors (Lipinski definition) is 2. The maximum atomic E-state index is 8.60. The SMILES string of the molecule is Cc1nc(C(C)NCCCO)cs1. The van der Waals surface area contributed by atoms with E-state index in [1.165, 1.54) is 0 Å². The van der Waals surface area contributed by atoms with Gasteiger partial charge in [-0.15, -0.1) is 11.3 Å². The molecule has 13 heavy (non-hydrogen) atoms. The van der Waals surface area contributed by atoms with Crippen LogP contribution in [0.5, 0.6) is 0 Å². The fourth-order valence-corrected chi connectivity index (χ4v) is 1.79. The summed E-state index contributed by atoms with van der Waals surface area (Å²) >= 11 is 1.67. The van der Waals surface area contributed by atoms with Crippen LogP contribution in [0, 0.1) is 6.92 Å². The number of nitrogens with one attached hydrogen (secondary N) is 1. The highest BCUT2D eigenvalue weighted by Crippen LogP contribution is 2.15. The predicted molar refractivity (Wildman–Crippen MR) is 55.0 cm³/mol. The number of rotatable bonds is 5. The van der Waals surface area contributed by atoms with Crippen molar-refractivity contribution in [3.8, 4) is 0 Å². The molecule has 0 saturated heterocycles. The first-order valence-electron chi connectivity index (χ1n) is 4.50. The van der Waals surface area contributed by atoms with Crippen LogP contribution in [0.2, 0.25) is 0 Å². The maximum absolute atomic E-state index is 8.60. The van der Waals surface area contributed by atoms with Crippen molar-refractivity contribution in [2.45, 2.75) is 26.3 Å². The Morgan fingerprint density at radius 2 is 2.46 bits per heavy atom. The van der Waals surface area contributed by atoms with Crippen LogP contribution >= 0.6 is 11.3 Å². The van der Waals surface area contributed by atoms with E-state index in [0.717, 1.165) is 23.7 Å². The maximum Gasteiger partial charge on any atom is 0.0898 e. The van der Waals surface area contributed by atoms with E-state index in [2.05, 4.69) is 22.6 Å². The van der Waals surface area contributed by atoms with Crippen molar-refractivity contribution in [2.24, 2.45) is 0 Å². The first kappa shape index (κ1) is 10.6. The summed E-state index contributed by atoms with van der Waals surface area (Å²) in [6.45, 7) is 5.19. The van der Waals surface area contributed by atoms with Crippen LogP contribution in [0.3, 0.4) is 0 Å². The normalized spacial score (nSPS) is 13.2. The third-order valence-electron chi connectivity index (χ3n) is 1.87. The van der Waals surface area contributed by atoms with E-state index >= 15 is 0 Å². The van der Waals surface area contributed by atoms with Crippen LogP contribution in [0.15, 0.2) is 5.38 Å². The minimum atomic E-state index is 0.246. The lowest BCUT2D eigenvalue weighted by Crippen LogP contribution is -2.20. The highest BCUT2D eigenvalue weighted by molar-refractivity contribution is 7.09. The molecule has 0 fully saturated rings. The van der Waals surface area contributed by atoms with Gasteiger partial charge in [-0.05, 0) is 26.8 Å². The smallest absolute Gasteiger partial charge is 0.0898 e. The molecular weight excluding hydrogens is 184 g/mol. The fourth-order valence-electron chi connectivity index (χ4n) is 1.08. The van der Waals surface area contributed by atoms with Crippen molar-refractivity contribution >= 4 is 11.3 Å². The summed E-state index contributed by atoms with van der Waals surface area (Å²) < 4.78 is 0. The second-order valence-electron chi connectivity index (χ2n) is 3.04. The van der Waals surface area contributed by atoms with Crippen LogP contribution in [0.1, 0.15) is 30.1 Å². The van der Waals surface area contributed by atoms with Gasteiger partial charge in [0.25, 0.3) is 0 Å². The molecule has 0 aliphatic rings. The molecule has 1 aromatic heterocycles. The lowest BCUT2D eigenvalue weighted by atomic mass is 10.2. The number of nitrogens with zero attached hydrogens (tertiary/aromatic N) is 1. The molecule has 1 heterocycles. The molecule has 0 saturated carbocycles. The van der Waals surface area contributed by atoms with E-state index in [1.54, 1.807) is 11.3 Å². The Hall–Kier alpha value is -0.450. The number of aryl methyl sites for hydroxylation is 1. The highest BCUT2D eigenvalue weighted by atomic mass is 32.1. The van der Waals surface area contributed by atoms with Gasteiger partial charge in [0.1, 0.15) is 0 Å². The molecule has 0 radical (unpaired) electrons. The van der Waals surface area contributed by atoms with Gasteiger partial charge < -0.3 is 10.4 Å². The average molecular weight is 200 g/mol. The Bertz CT molecular complexity index is 250. The Labute approximate surface area is 82.8 Å². The average Bonchev–Trinajstić information content (AvgIpc) is 2.52. The van der Waals surface area contributed by atoms with Crippen molar-refractivity contribution in [2.75, 3.05) is 13.2 Å². The molecule has 2 N–H and O–H groups in total. The van der Waals surface area contributed by atoms with Gasteiger partial charge in [-0.1, -0.05) is 0 Å². The molecule has 1 atom stereocenters.